The molecule has 0 fully saturated rings. The summed E-state index contributed by atoms with van der Waals surface area (Å²) in [4.78, 5) is 38.4. The minimum absolute atomic E-state index is 0.0920. The normalized spacial score (nSPS) is 12.6. The van der Waals surface area contributed by atoms with Gasteiger partial charge >= 0.3 is 17.9 Å². The van der Waals surface area contributed by atoms with E-state index in [0.717, 1.165) is 122 Å². The zero-order valence-electron chi connectivity index (χ0n) is 54.5. The molecular weight excluding hydrogens is 1010 g/mol. The fourth-order valence-corrected chi connectivity index (χ4v) is 10.3. The lowest BCUT2D eigenvalue weighted by atomic mass is 10.0. The molecule has 0 amide bonds. The van der Waals surface area contributed by atoms with E-state index in [9.17, 15) is 14.4 Å². The number of unbranched alkanes of at least 4 members (excludes halogenated alkanes) is 40. The molecule has 0 radical (unpaired) electrons. The minimum atomic E-state index is -0.801. The van der Waals surface area contributed by atoms with Gasteiger partial charge in [0.25, 0.3) is 0 Å². The maximum atomic E-state index is 12.9. The standard InChI is InChI=1S/C76H134O6/c1-4-7-10-13-16-19-22-25-28-31-33-34-35-36-37-38-39-40-41-42-44-45-48-51-54-57-60-63-66-69-75(78)81-72-73(71-80-74(77)68-65-62-59-56-53-50-47-30-27-24-21-18-15-12-9-6-3)82-76(79)70-67-64-61-58-55-52-49-46-43-32-29-26-23-20-17-14-11-8-5-2/h8,11,17,20-21,24,26,29-30,43,46-47,52,55,73H,4-7,9-10,12-16,18-19,22-23,25,27-28,31-42,44-45,48-51,53-54,56-72H2,1-3H3/b11-8-,20-17-,24-21-,29-26-,46-43-,47-30-,55-52-. The first-order valence-corrected chi connectivity index (χ1v) is 35.6. The Morgan fingerprint density at radius 3 is 0.768 bits per heavy atom. The fraction of sp³-hybridized carbons (Fsp3) is 0.776. The lowest BCUT2D eigenvalue weighted by Gasteiger charge is -2.18. The van der Waals surface area contributed by atoms with Gasteiger partial charge in [-0.3, -0.25) is 14.4 Å². The number of rotatable bonds is 65. The Hall–Kier alpha value is -3.41. The van der Waals surface area contributed by atoms with Crippen molar-refractivity contribution in [2.45, 2.75) is 367 Å². The van der Waals surface area contributed by atoms with Crippen LogP contribution in [0.4, 0.5) is 0 Å². The summed E-state index contributed by atoms with van der Waals surface area (Å²) in [7, 11) is 0. The topological polar surface area (TPSA) is 78.9 Å². The summed E-state index contributed by atoms with van der Waals surface area (Å²) in [6, 6.07) is 0. The minimum Gasteiger partial charge on any atom is -0.462 e. The number of allylic oxidation sites excluding steroid dienone is 14. The van der Waals surface area contributed by atoms with Crippen LogP contribution in [-0.4, -0.2) is 37.2 Å². The third-order valence-corrected chi connectivity index (χ3v) is 15.6. The second-order valence-corrected chi connectivity index (χ2v) is 23.8. The van der Waals surface area contributed by atoms with E-state index in [1.807, 2.05) is 0 Å². The Bertz CT molecular complexity index is 1550. The quantitative estimate of drug-likeness (QED) is 0.0261. The van der Waals surface area contributed by atoms with Crippen molar-refractivity contribution in [3.05, 3.63) is 85.1 Å². The lowest BCUT2D eigenvalue weighted by Crippen LogP contribution is -2.30. The average molecular weight is 1140 g/mol. The number of carbonyl (C=O) groups excluding carboxylic acids is 3. The van der Waals surface area contributed by atoms with Crippen molar-refractivity contribution in [1.29, 1.82) is 0 Å². The second kappa shape index (κ2) is 70.1. The molecule has 0 aliphatic heterocycles. The Balaban J connectivity index is 4.30. The Labute approximate surface area is 509 Å². The number of hydrogen-bond acceptors (Lipinski definition) is 6. The van der Waals surface area contributed by atoms with Gasteiger partial charge in [-0.2, -0.15) is 0 Å². The highest BCUT2D eigenvalue weighted by Crippen LogP contribution is 2.18. The van der Waals surface area contributed by atoms with E-state index in [4.69, 9.17) is 14.2 Å². The van der Waals surface area contributed by atoms with Crippen LogP contribution in [0.15, 0.2) is 85.1 Å². The van der Waals surface area contributed by atoms with Crippen molar-refractivity contribution in [2.24, 2.45) is 0 Å². The SMILES string of the molecule is CC/C=C\C/C=C\C/C=C\C/C=C\C/C=C\CCCCCC(=O)OC(COC(=O)CCCCCCC/C=C\C/C=C\CCCCCC)COC(=O)CCCCCCCCCCCCCCCCCCCCCCCCCCCCCCC. The zero-order valence-corrected chi connectivity index (χ0v) is 54.5. The summed E-state index contributed by atoms with van der Waals surface area (Å²) in [6.07, 6.45) is 93.4. The van der Waals surface area contributed by atoms with Crippen molar-refractivity contribution < 1.29 is 28.6 Å². The van der Waals surface area contributed by atoms with Crippen molar-refractivity contribution >= 4 is 17.9 Å². The van der Waals surface area contributed by atoms with Gasteiger partial charge in [-0.25, -0.2) is 0 Å². The van der Waals surface area contributed by atoms with E-state index in [0.29, 0.717) is 12.8 Å². The molecular formula is C76H134O6. The maximum absolute atomic E-state index is 12.9. The second-order valence-electron chi connectivity index (χ2n) is 23.8. The first-order chi connectivity index (χ1) is 40.5. The molecule has 0 spiro atoms. The summed E-state index contributed by atoms with van der Waals surface area (Å²) >= 11 is 0. The van der Waals surface area contributed by atoms with Gasteiger partial charge in [0, 0.05) is 19.3 Å². The van der Waals surface area contributed by atoms with Crippen LogP contribution in [0.5, 0.6) is 0 Å². The fourth-order valence-electron chi connectivity index (χ4n) is 10.3. The molecule has 0 saturated heterocycles. The first-order valence-electron chi connectivity index (χ1n) is 35.6. The lowest BCUT2D eigenvalue weighted by molar-refractivity contribution is -0.167. The van der Waals surface area contributed by atoms with Crippen molar-refractivity contribution in [2.75, 3.05) is 13.2 Å². The Morgan fingerprint density at radius 1 is 0.256 bits per heavy atom. The Kier molecular flexibility index (Phi) is 67.2. The van der Waals surface area contributed by atoms with Crippen molar-refractivity contribution in [3.8, 4) is 0 Å². The monoisotopic (exact) mass is 1140 g/mol. The third-order valence-electron chi connectivity index (χ3n) is 15.6. The van der Waals surface area contributed by atoms with Crippen LogP contribution in [0, 0.1) is 0 Å². The highest BCUT2D eigenvalue weighted by atomic mass is 16.6. The van der Waals surface area contributed by atoms with Gasteiger partial charge in [0.2, 0.25) is 0 Å². The number of hydrogen-bond donors (Lipinski definition) is 0. The summed E-state index contributed by atoms with van der Waals surface area (Å²) in [6.45, 7) is 6.52. The van der Waals surface area contributed by atoms with Crippen LogP contribution in [-0.2, 0) is 28.6 Å². The van der Waals surface area contributed by atoms with Crippen LogP contribution in [0.25, 0.3) is 0 Å². The molecule has 0 aromatic heterocycles. The van der Waals surface area contributed by atoms with E-state index in [2.05, 4.69) is 106 Å². The smallest absolute Gasteiger partial charge is 0.306 e. The molecule has 0 aromatic carbocycles. The molecule has 6 nitrogen and oxygen atoms in total. The molecule has 474 valence electrons. The third kappa shape index (κ3) is 67.4. The molecule has 1 atom stereocenters. The van der Waals surface area contributed by atoms with Gasteiger partial charge in [-0.1, -0.05) is 331 Å². The maximum Gasteiger partial charge on any atom is 0.306 e. The summed E-state index contributed by atoms with van der Waals surface area (Å²) in [5.74, 6) is -0.922. The van der Waals surface area contributed by atoms with Crippen LogP contribution < -0.4 is 0 Å². The van der Waals surface area contributed by atoms with E-state index in [1.54, 1.807) is 0 Å². The number of esters is 3. The molecule has 0 rings (SSSR count). The van der Waals surface area contributed by atoms with Gasteiger partial charge in [-0.05, 0) is 96.3 Å². The van der Waals surface area contributed by atoms with Gasteiger partial charge < -0.3 is 14.2 Å². The van der Waals surface area contributed by atoms with Crippen LogP contribution >= 0.6 is 0 Å². The predicted octanol–water partition coefficient (Wildman–Crippen LogP) is 24.6. The number of ether oxygens (including phenoxy) is 3. The molecule has 0 aliphatic rings. The predicted molar refractivity (Wildman–Crippen MR) is 358 cm³/mol. The highest BCUT2D eigenvalue weighted by Gasteiger charge is 2.19. The molecule has 0 aromatic rings. The van der Waals surface area contributed by atoms with Crippen molar-refractivity contribution in [3.63, 3.8) is 0 Å². The largest absolute Gasteiger partial charge is 0.462 e. The molecule has 0 bridgehead atoms. The van der Waals surface area contributed by atoms with Gasteiger partial charge in [0.1, 0.15) is 13.2 Å². The molecule has 82 heavy (non-hydrogen) atoms. The van der Waals surface area contributed by atoms with E-state index >= 15 is 0 Å². The van der Waals surface area contributed by atoms with Gasteiger partial charge in [-0.15, -0.1) is 0 Å². The summed E-state index contributed by atoms with van der Waals surface area (Å²) < 4.78 is 16.9. The van der Waals surface area contributed by atoms with E-state index in [-0.39, 0.29) is 37.5 Å². The van der Waals surface area contributed by atoms with Crippen LogP contribution in [0.2, 0.25) is 0 Å². The highest BCUT2D eigenvalue weighted by molar-refractivity contribution is 5.71. The van der Waals surface area contributed by atoms with Gasteiger partial charge in [0.15, 0.2) is 6.10 Å². The van der Waals surface area contributed by atoms with E-state index < -0.39 is 6.10 Å². The summed E-state index contributed by atoms with van der Waals surface area (Å²) in [5.41, 5.74) is 0. The zero-order chi connectivity index (χ0) is 59.2. The molecule has 0 N–H and O–H groups in total. The molecule has 0 saturated carbocycles. The molecule has 0 aliphatic carbocycles. The van der Waals surface area contributed by atoms with Crippen molar-refractivity contribution in [1.82, 2.24) is 0 Å². The average Bonchev–Trinajstić information content (AvgIpc) is 3.47. The van der Waals surface area contributed by atoms with E-state index in [1.165, 1.54) is 199 Å². The van der Waals surface area contributed by atoms with Crippen LogP contribution in [0.3, 0.4) is 0 Å². The first kappa shape index (κ1) is 78.6. The van der Waals surface area contributed by atoms with Crippen LogP contribution in [0.1, 0.15) is 361 Å². The molecule has 1 unspecified atom stereocenters. The molecule has 6 heteroatoms. The number of carbonyl (C=O) groups is 3. The Morgan fingerprint density at radius 2 is 0.476 bits per heavy atom. The molecule has 0 heterocycles. The van der Waals surface area contributed by atoms with Gasteiger partial charge in [0.05, 0.1) is 0 Å². The summed E-state index contributed by atoms with van der Waals surface area (Å²) in [5, 5.41) is 0.